The molecular weight excluding hydrogens is 186 g/mol. The smallest absolute Gasteiger partial charge is 0.0718 e. The summed E-state index contributed by atoms with van der Waals surface area (Å²) in [6.07, 6.45) is 1.95. The molecule has 0 saturated heterocycles. The van der Waals surface area contributed by atoms with Crippen molar-refractivity contribution >= 4 is 6.21 Å². The largest absolute Gasteiger partial charge is 0.303 e. The second-order valence-corrected chi connectivity index (χ2v) is 3.93. The van der Waals surface area contributed by atoms with Gasteiger partial charge in [0.1, 0.15) is 0 Å². The van der Waals surface area contributed by atoms with E-state index < -0.39 is 0 Å². The second kappa shape index (κ2) is 5.51. The van der Waals surface area contributed by atoms with Gasteiger partial charge in [-0.15, -0.1) is 0 Å². The van der Waals surface area contributed by atoms with Gasteiger partial charge in [0.25, 0.3) is 0 Å². The molecule has 1 aromatic rings. The number of hydrogen-bond acceptors (Lipinski definition) is 3. The fourth-order valence-electron chi connectivity index (χ4n) is 1.36. The predicted octanol–water partition coefficient (Wildman–Crippen LogP) is 1.84. The highest BCUT2D eigenvalue weighted by Gasteiger charge is 2.10. The van der Waals surface area contributed by atoms with E-state index in [1.165, 1.54) is 5.56 Å². The van der Waals surface area contributed by atoms with Crippen molar-refractivity contribution in [3.8, 4) is 0 Å². The first-order valence-electron chi connectivity index (χ1n) is 5.04. The lowest BCUT2D eigenvalue weighted by atomic mass is 10.1. The average molecular weight is 205 g/mol. The maximum absolute atomic E-state index is 4.29. The van der Waals surface area contributed by atoms with Crippen molar-refractivity contribution in [1.29, 1.82) is 0 Å². The van der Waals surface area contributed by atoms with Crippen molar-refractivity contribution in [3.05, 3.63) is 35.9 Å². The Kier molecular flexibility index (Phi) is 4.31. The average Bonchev–Trinajstić information content (AvgIpc) is 2.18. The molecule has 0 aliphatic heterocycles. The third-order valence-corrected chi connectivity index (χ3v) is 2.14. The zero-order chi connectivity index (χ0) is 11.3. The van der Waals surface area contributed by atoms with Gasteiger partial charge in [-0.1, -0.05) is 30.3 Å². The molecule has 3 heteroatoms. The van der Waals surface area contributed by atoms with Crippen molar-refractivity contribution < 1.29 is 0 Å². The molecule has 3 nitrogen and oxygen atoms in total. The monoisotopic (exact) mass is 205 g/mol. The van der Waals surface area contributed by atoms with E-state index in [1.807, 2.05) is 26.4 Å². The summed E-state index contributed by atoms with van der Waals surface area (Å²) in [5.41, 5.74) is 1.26. The van der Waals surface area contributed by atoms with Crippen LogP contribution in [-0.4, -0.2) is 44.3 Å². The van der Waals surface area contributed by atoms with E-state index in [1.54, 1.807) is 5.01 Å². The van der Waals surface area contributed by atoms with E-state index >= 15 is 0 Å². The topological polar surface area (TPSA) is 18.8 Å². The lowest BCUT2D eigenvalue weighted by Crippen LogP contribution is -2.22. The summed E-state index contributed by atoms with van der Waals surface area (Å²) in [7, 11) is 7.96. The normalized spacial score (nSPS) is 13.4. The number of hydrogen-bond donors (Lipinski definition) is 0. The number of hydrazone groups is 1. The minimum Gasteiger partial charge on any atom is -0.303 e. The van der Waals surface area contributed by atoms with E-state index in [4.69, 9.17) is 0 Å². The highest BCUT2D eigenvalue weighted by atomic mass is 15.4. The lowest BCUT2D eigenvalue weighted by molar-refractivity contribution is 0.365. The third-order valence-electron chi connectivity index (χ3n) is 2.14. The fraction of sp³-hybridized carbons (Fsp3) is 0.417. The molecule has 1 rings (SSSR count). The Morgan fingerprint density at radius 3 is 2.13 bits per heavy atom. The molecule has 0 fully saturated rings. The molecule has 0 aliphatic carbocycles. The maximum atomic E-state index is 4.29. The number of rotatable bonds is 4. The van der Waals surface area contributed by atoms with Crippen molar-refractivity contribution in [1.82, 2.24) is 9.91 Å². The van der Waals surface area contributed by atoms with E-state index in [0.717, 1.165) is 0 Å². The molecule has 0 radical (unpaired) electrons. The van der Waals surface area contributed by atoms with Crippen LogP contribution in [0.4, 0.5) is 0 Å². The molecule has 0 amide bonds. The van der Waals surface area contributed by atoms with Gasteiger partial charge < -0.3 is 5.01 Å². The van der Waals surface area contributed by atoms with Crippen LogP contribution in [0.25, 0.3) is 0 Å². The summed E-state index contributed by atoms with van der Waals surface area (Å²) < 4.78 is 0. The Morgan fingerprint density at radius 2 is 1.67 bits per heavy atom. The highest BCUT2D eigenvalue weighted by molar-refractivity contribution is 5.66. The molecule has 15 heavy (non-hydrogen) atoms. The van der Waals surface area contributed by atoms with Crippen LogP contribution in [0.1, 0.15) is 11.6 Å². The zero-order valence-corrected chi connectivity index (χ0v) is 9.88. The minimum absolute atomic E-state index is 0.230. The molecule has 0 aliphatic rings. The van der Waals surface area contributed by atoms with E-state index in [-0.39, 0.29) is 6.04 Å². The Hall–Kier alpha value is -1.35. The molecule has 0 N–H and O–H groups in total. The van der Waals surface area contributed by atoms with Gasteiger partial charge in [0.15, 0.2) is 0 Å². The molecule has 82 valence electrons. The van der Waals surface area contributed by atoms with Gasteiger partial charge in [-0.25, -0.2) is 0 Å². The van der Waals surface area contributed by atoms with Crippen molar-refractivity contribution in [2.24, 2.45) is 5.10 Å². The molecule has 0 spiro atoms. The minimum atomic E-state index is 0.230. The van der Waals surface area contributed by atoms with Gasteiger partial charge in [0.2, 0.25) is 0 Å². The standard InChI is InChI=1S/C12H19N3/c1-14(2)12(10-13-15(3)4)11-8-6-5-7-9-11/h5-10,12H,1-4H3/b13-10+. The summed E-state index contributed by atoms with van der Waals surface area (Å²) in [6, 6.07) is 10.6. The Labute approximate surface area is 92.0 Å². The quantitative estimate of drug-likeness (QED) is 0.551. The molecule has 1 atom stereocenters. The Balaban J connectivity index is 2.84. The summed E-state index contributed by atoms with van der Waals surface area (Å²) in [6.45, 7) is 0. The second-order valence-electron chi connectivity index (χ2n) is 3.93. The van der Waals surface area contributed by atoms with Crippen LogP contribution in [0, 0.1) is 0 Å². The summed E-state index contributed by atoms with van der Waals surface area (Å²) in [5, 5.41) is 6.09. The third kappa shape index (κ3) is 3.72. The maximum Gasteiger partial charge on any atom is 0.0718 e. The molecule has 0 saturated carbocycles. The predicted molar refractivity (Wildman–Crippen MR) is 65.0 cm³/mol. The number of benzene rings is 1. The van der Waals surface area contributed by atoms with Crippen LogP contribution < -0.4 is 0 Å². The van der Waals surface area contributed by atoms with Gasteiger partial charge in [0, 0.05) is 20.3 Å². The molecular formula is C12H19N3. The summed E-state index contributed by atoms with van der Waals surface area (Å²) >= 11 is 0. The molecule has 0 bridgehead atoms. The van der Waals surface area contributed by atoms with E-state index in [2.05, 4.69) is 48.4 Å². The van der Waals surface area contributed by atoms with Gasteiger partial charge >= 0.3 is 0 Å². The van der Waals surface area contributed by atoms with Gasteiger partial charge in [-0.05, 0) is 19.7 Å². The molecule has 1 aromatic carbocycles. The van der Waals surface area contributed by atoms with Gasteiger partial charge in [0.05, 0.1) is 6.04 Å². The first kappa shape index (κ1) is 11.7. The van der Waals surface area contributed by atoms with E-state index in [9.17, 15) is 0 Å². The van der Waals surface area contributed by atoms with Gasteiger partial charge in [-0.2, -0.15) is 5.10 Å². The molecule has 1 unspecified atom stereocenters. The van der Waals surface area contributed by atoms with E-state index in [0.29, 0.717) is 0 Å². The van der Waals surface area contributed by atoms with Crippen LogP contribution in [0.15, 0.2) is 35.4 Å². The lowest BCUT2D eigenvalue weighted by Gasteiger charge is -2.21. The van der Waals surface area contributed by atoms with Crippen LogP contribution in [0.2, 0.25) is 0 Å². The van der Waals surface area contributed by atoms with Crippen LogP contribution in [0.5, 0.6) is 0 Å². The zero-order valence-electron chi connectivity index (χ0n) is 9.88. The van der Waals surface area contributed by atoms with Gasteiger partial charge in [-0.3, -0.25) is 4.90 Å². The SMILES string of the molecule is CN(C)/N=C/C(c1ccccc1)N(C)C. The summed E-state index contributed by atoms with van der Waals surface area (Å²) in [5.74, 6) is 0. The Morgan fingerprint density at radius 1 is 1.07 bits per heavy atom. The fourth-order valence-corrected chi connectivity index (χ4v) is 1.36. The van der Waals surface area contributed by atoms with Crippen molar-refractivity contribution in [2.45, 2.75) is 6.04 Å². The first-order valence-corrected chi connectivity index (χ1v) is 5.04. The molecule has 0 aromatic heterocycles. The molecule has 0 heterocycles. The Bertz CT molecular complexity index is 304. The van der Waals surface area contributed by atoms with Crippen LogP contribution >= 0.6 is 0 Å². The highest BCUT2D eigenvalue weighted by Crippen LogP contribution is 2.15. The number of nitrogens with zero attached hydrogens (tertiary/aromatic N) is 3. The van der Waals surface area contributed by atoms with Crippen molar-refractivity contribution in [2.75, 3.05) is 28.2 Å². The van der Waals surface area contributed by atoms with Crippen LogP contribution in [0.3, 0.4) is 0 Å². The van der Waals surface area contributed by atoms with Crippen LogP contribution in [-0.2, 0) is 0 Å². The van der Waals surface area contributed by atoms with Crippen molar-refractivity contribution in [3.63, 3.8) is 0 Å². The first-order chi connectivity index (χ1) is 7.11. The summed E-state index contributed by atoms with van der Waals surface area (Å²) in [4.78, 5) is 2.14.